The Balaban J connectivity index is 4.50. The van der Waals surface area contributed by atoms with Crippen molar-refractivity contribution in [2.45, 2.75) is 64.3 Å². The normalized spacial score (nSPS) is 13.5. The zero-order valence-corrected chi connectivity index (χ0v) is 15.1. The number of aliphatic carboxylic acids is 1. The van der Waals surface area contributed by atoms with Crippen molar-refractivity contribution < 1.29 is 29.0 Å². The Bertz CT molecular complexity index is 397. The molecule has 7 nitrogen and oxygen atoms in total. The summed E-state index contributed by atoms with van der Waals surface area (Å²) in [5, 5.41) is 11.1. The maximum atomic E-state index is 11.8. The van der Waals surface area contributed by atoms with Crippen molar-refractivity contribution in [2.75, 3.05) is 6.54 Å². The molecule has 0 spiro atoms. The van der Waals surface area contributed by atoms with Crippen LogP contribution in [0.3, 0.4) is 0 Å². The van der Waals surface area contributed by atoms with E-state index < -0.39 is 29.6 Å². The standard InChI is InChI=1S/C15H27NO6S/c1-6-11(7-2)23-12(13(18)19)8-16-15(20)22-14(9(3)4)21-10(5)17/h9,11-12,14H,6-8H2,1-5H3,(H,16,20)(H,18,19)/t12-,14+/m0/s1. The molecular weight excluding hydrogens is 322 g/mol. The van der Waals surface area contributed by atoms with Crippen LogP contribution in [0, 0.1) is 5.92 Å². The third-order valence-electron chi connectivity index (χ3n) is 3.02. The van der Waals surface area contributed by atoms with Gasteiger partial charge in [0.1, 0.15) is 5.25 Å². The van der Waals surface area contributed by atoms with Gasteiger partial charge in [0.25, 0.3) is 6.29 Å². The van der Waals surface area contributed by atoms with Gasteiger partial charge in [-0.25, -0.2) is 4.79 Å². The average Bonchev–Trinajstić information content (AvgIpc) is 2.45. The van der Waals surface area contributed by atoms with Gasteiger partial charge in [0, 0.05) is 24.6 Å². The highest BCUT2D eigenvalue weighted by atomic mass is 32.2. The zero-order valence-electron chi connectivity index (χ0n) is 14.3. The van der Waals surface area contributed by atoms with Crippen LogP contribution in [0.25, 0.3) is 0 Å². The number of amides is 1. The number of carboxylic acids is 1. The van der Waals surface area contributed by atoms with Crippen LogP contribution in [-0.2, 0) is 19.1 Å². The summed E-state index contributed by atoms with van der Waals surface area (Å²) in [6, 6.07) is 0. The molecule has 2 N–H and O–H groups in total. The lowest BCUT2D eigenvalue weighted by Crippen LogP contribution is -2.39. The molecule has 8 heteroatoms. The van der Waals surface area contributed by atoms with Crippen LogP contribution in [-0.4, -0.2) is 46.5 Å². The number of thioether (sulfide) groups is 1. The first-order valence-electron chi connectivity index (χ1n) is 7.71. The van der Waals surface area contributed by atoms with Gasteiger partial charge in [-0.2, -0.15) is 0 Å². The summed E-state index contributed by atoms with van der Waals surface area (Å²) in [6.45, 7) is 8.64. The van der Waals surface area contributed by atoms with E-state index in [9.17, 15) is 19.5 Å². The topological polar surface area (TPSA) is 102 Å². The quantitative estimate of drug-likeness (QED) is 0.462. The molecule has 0 heterocycles. The summed E-state index contributed by atoms with van der Waals surface area (Å²) in [4.78, 5) is 34.0. The van der Waals surface area contributed by atoms with Gasteiger partial charge >= 0.3 is 18.0 Å². The molecule has 0 saturated carbocycles. The number of carboxylic acid groups (broad SMARTS) is 1. The lowest BCUT2D eigenvalue weighted by atomic mass is 10.2. The number of carbonyl (C=O) groups is 3. The number of ether oxygens (including phenoxy) is 2. The van der Waals surface area contributed by atoms with Crippen molar-refractivity contribution in [3.63, 3.8) is 0 Å². The molecule has 0 rings (SSSR count). The van der Waals surface area contributed by atoms with E-state index in [-0.39, 0.29) is 17.7 Å². The number of hydrogen-bond acceptors (Lipinski definition) is 6. The van der Waals surface area contributed by atoms with E-state index in [1.807, 2.05) is 13.8 Å². The van der Waals surface area contributed by atoms with Gasteiger partial charge in [-0.1, -0.05) is 27.7 Å². The minimum Gasteiger partial charge on any atom is -0.480 e. The third kappa shape index (κ3) is 9.32. The van der Waals surface area contributed by atoms with E-state index in [1.165, 1.54) is 18.7 Å². The van der Waals surface area contributed by atoms with E-state index in [1.54, 1.807) is 13.8 Å². The maximum Gasteiger partial charge on any atom is 0.410 e. The Labute approximate surface area is 141 Å². The molecule has 0 aromatic carbocycles. The molecule has 134 valence electrons. The van der Waals surface area contributed by atoms with Gasteiger partial charge in [-0.3, -0.25) is 9.59 Å². The first kappa shape index (κ1) is 21.6. The predicted molar refractivity (Wildman–Crippen MR) is 88.3 cm³/mol. The number of alkyl carbamates (subject to hydrolysis) is 1. The third-order valence-corrected chi connectivity index (χ3v) is 4.77. The zero-order chi connectivity index (χ0) is 18.0. The van der Waals surface area contributed by atoms with Crippen LogP contribution in [0.2, 0.25) is 0 Å². The Morgan fingerprint density at radius 2 is 1.70 bits per heavy atom. The van der Waals surface area contributed by atoms with Gasteiger partial charge in [-0.05, 0) is 12.8 Å². The van der Waals surface area contributed by atoms with E-state index in [0.29, 0.717) is 0 Å². The first-order chi connectivity index (χ1) is 10.7. The van der Waals surface area contributed by atoms with Crippen molar-refractivity contribution in [2.24, 2.45) is 5.92 Å². The van der Waals surface area contributed by atoms with E-state index in [0.717, 1.165) is 12.8 Å². The molecule has 0 bridgehead atoms. The summed E-state index contributed by atoms with van der Waals surface area (Å²) in [6.07, 6.45) is -0.0852. The molecule has 0 radical (unpaired) electrons. The fourth-order valence-corrected chi connectivity index (χ4v) is 2.84. The Kier molecular flexibility index (Phi) is 10.5. The van der Waals surface area contributed by atoms with Gasteiger partial charge in [0.15, 0.2) is 0 Å². The van der Waals surface area contributed by atoms with Crippen LogP contribution in [0.5, 0.6) is 0 Å². The van der Waals surface area contributed by atoms with E-state index >= 15 is 0 Å². The van der Waals surface area contributed by atoms with Gasteiger partial charge in [0.05, 0.1) is 0 Å². The van der Waals surface area contributed by atoms with Crippen LogP contribution in [0.15, 0.2) is 0 Å². The molecule has 0 aliphatic carbocycles. The summed E-state index contributed by atoms with van der Waals surface area (Å²) in [7, 11) is 0. The Hall–Kier alpha value is -1.44. The minimum absolute atomic E-state index is 0.0553. The molecule has 0 aliphatic heterocycles. The monoisotopic (exact) mass is 349 g/mol. The number of nitrogens with one attached hydrogen (secondary N) is 1. The van der Waals surface area contributed by atoms with Crippen LogP contribution in [0.4, 0.5) is 4.79 Å². The maximum absolute atomic E-state index is 11.8. The second-order valence-electron chi connectivity index (χ2n) is 5.41. The summed E-state index contributed by atoms with van der Waals surface area (Å²) >= 11 is 1.32. The molecule has 1 amide bonds. The fraction of sp³-hybridized carbons (Fsp3) is 0.800. The molecule has 0 aromatic rings. The summed E-state index contributed by atoms with van der Waals surface area (Å²) < 4.78 is 9.91. The summed E-state index contributed by atoms with van der Waals surface area (Å²) in [5.41, 5.74) is 0. The highest BCUT2D eigenvalue weighted by Gasteiger charge is 2.25. The minimum atomic E-state index is -0.998. The predicted octanol–water partition coefficient (Wildman–Crippen LogP) is 2.63. The van der Waals surface area contributed by atoms with Crippen molar-refractivity contribution in [1.82, 2.24) is 5.32 Å². The first-order valence-corrected chi connectivity index (χ1v) is 8.65. The molecule has 0 aromatic heterocycles. The van der Waals surface area contributed by atoms with E-state index in [2.05, 4.69) is 5.32 Å². The molecule has 0 fully saturated rings. The Morgan fingerprint density at radius 3 is 2.09 bits per heavy atom. The number of hydrogen-bond donors (Lipinski definition) is 2. The van der Waals surface area contributed by atoms with Crippen molar-refractivity contribution >= 4 is 29.8 Å². The molecular formula is C15H27NO6S. The number of carbonyl (C=O) groups excluding carboxylic acids is 2. The van der Waals surface area contributed by atoms with Crippen molar-refractivity contribution in [3.8, 4) is 0 Å². The highest BCUT2D eigenvalue weighted by Crippen LogP contribution is 2.23. The lowest BCUT2D eigenvalue weighted by molar-refractivity contribution is -0.172. The molecule has 0 aliphatic rings. The van der Waals surface area contributed by atoms with Crippen LogP contribution < -0.4 is 5.32 Å². The van der Waals surface area contributed by atoms with Gasteiger partial charge in [0.2, 0.25) is 0 Å². The Morgan fingerprint density at radius 1 is 1.13 bits per heavy atom. The molecule has 0 unspecified atom stereocenters. The molecule has 23 heavy (non-hydrogen) atoms. The van der Waals surface area contributed by atoms with Gasteiger partial charge in [-0.15, -0.1) is 11.8 Å². The van der Waals surface area contributed by atoms with Crippen LogP contribution >= 0.6 is 11.8 Å². The van der Waals surface area contributed by atoms with Crippen LogP contribution in [0.1, 0.15) is 47.5 Å². The van der Waals surface area contributed by atoms with E-state index in [4.69, 9.17) is 9.47 Å². The molecule has 2 atom stereocenters. The lowest BCUT2D eigenvalue weighted by Gasteiger charge is -2.22. The summed E-state index contributed by atoms with van der Waals surface area (Å²) in [5.74, 6) is -1.74. The van der Waals surface area contributed by atoms with Gasteiger partial charge < -0.3 is 19.9 Å². The second kappa shape index (κ2) is 11.2. The smallest absolute Gasteiger partial charge is 0.410 e. The largest absolute Gasteiger partial charge is 0.480 e. The highest BCUT2D eigenvalue weighted by molar-refractivity contribution is 8.01. The van der Waals surface area contributed by atoms with Crippen molar-refractivity contribution in [1.29, 1.82) is 0 Å². The number of rotatable bonds is 10. The average molecular weight is 349 g/mol. The van der Waals surface area contributed by atoms with Crippen molar-refractivity contribution in [3.05, 3.63) is 0 Å². The molecule has 0 saturated heterocycles. The fourth-order valence-electron chi connectivity index (χ4n) is 1.69. The second-order valence-corrected chi connectivity index (χ2v) is 6.92. The SMILES string of the molecule is CCC(CC)S[C@@H](CNC(=O)O[C@@H](OC(C)=O)C(C)C)C(=O)O. The number of esters is 1.